The van der Waals surface area contributed by atoms with Gasteiger partial charge in [0.15, 0.2) is 0 Å². The minimum atomic E-state index is -0.0260. The maximum absolute atomic E-state index is 12.3. The Bertz CT molecular complexity index is 500. The SMILES string of the molecule is CC[C@@H]1[C@@H](NC(=O)c2csc(C(C)C)n2)[C@@H]2CCO[C@H]12. The van der Waals surface area contributed by atoms with E-state index in [1.807, 2.05) is 5.38 Å². The van der Waals surface area contributed by atoms with Gasteiger partial charge in [0.25, 0.3) is 5.91 Å². The Labute approximate surface area is 123 Å². The molecule has 0 spiro atoms. The van der Waals surface area contributed by atoms with Gasteiger partial charge in [0.2, 0.25) is 0 Å². The van der Waals surface area contributed by atoms with Crippen LogP contribution >= 0.6 is 11.3 Å². The number of amides is 1. The molecule has 3 rings (SSSR count). The van der Waals surface area contributed by atoms with Gasteiger partial charge in [-0.25, -0.2) is 4.98 Å². The topological polar surface area (TPSA) is 51.2 Å². The monoisotopic (exact) mass is 294 g/mol. The second-order valence-electron chi connectivity index (χ2n) is 6.08. The molecule has 1 aliphatic heterocycles. The predicted molar refractivity (Wildman–Crippen MR) is 79.1 cm³/mol. The number of hydrogen-bond donors (Lipinski definition) is 1. The maximum atomic E-state index is 12.3. The van der Waals surface area contributed by atoms with E-state index in [1.54, 1.807) is 11.3 Å². The van der Waals surface area contributed by atoms with Gasteiger partial charge in [-0.2, -0.15) is 0 Å². The average molecular weight is 294 g/mol. The molecule has 0 unspecified atom stereocenters. The fraction of sp³-hybridized carbons (Fsp3) is 0.733. The lowest BCUT2D eigenvalue weighted by Gasteiger charge is -2.47. The number of hydrogen-bond acceptors (Lipinski definition) is 4. The summed E-state index contributed by atoms with van der Waals surface area (Å²) in [5, 5.41) is 6.08. The van der Waals surface area contributed by atoms with Gasteiger partial charge in [-0.1, -0.05) is 20.8 Å². The van der Waals surface area contributed by atoms with Crippen LogP contribution in [0.4, 0.5) is 0 Å². The number of ether oxygens (including phenoxy) is 1. The number of rotatable bonds is 4. The van der Waals surface area contributed by atoms with Crippen molar-refractivity contribution in [1.82, 2.24) is 10.3 Å². The number of nitrogens with one attached hydrogen (secondary N) is 1. The van der Waals surface area contributed by atoms with E-state index in [0.29, 0.717) is 29.6 Å². The van der Waals surface area contributed by atoms with E-state index >= 15 is 0 Å². The first kappa shape index (κ1) is 14.0. The normalized spacial score (nSPS) is 32.0. The van der Waals surface area contributed by atoms with Crippen LogP contribution in [0.5, 0.6) is 0 Å². The van der Waals surface area contributed by atoms with E-state index in [9.17, 15) is 4.79 Å². The molecule has 0 bridgehead atoms. The van der Waals surface area contributed by atoms with E-state index in [1.165, 1.54) is 0 Å². The quantitative estimate of drug-likeness (QED) is 0.929. The molecule has 2 fully saturated rings. The highest BCUT2D eigenvalue weighted by Gasteiger charge is 2.53. The average Bonchev–Trinajstić information content (AvgIpc) is 3.03. The largest absolute Gasteiger partial charge is 0.377 e. The van der Waals surface area contributed by atoms with Crippen LogP contribution in [0.2, 0.25) is 0 Å². The summed E-state index contributed by atoms with van der Waals surface area (Å²) in [6.45, 7) is 7.20. The molecular formula is C15H22N2O2S. The molecule has 1 saturated carbocycles. The molecule has 0 aromatic carbocycles. The van der Waals surface area contributed by atoms with Crippen molar-refractivity contribution >= 4 is 17.2 Å². The molecule has 1 aromatic heterocycles. The first-order chi connectivity index (χ1) is 9.61. The van der Waals surface area contributed by atoms with E-state index in [0.717, 1.165) is 24.5 Å². The lowest BCUT2D eigenvalue weighted by molar-refractivity contribution is -0.0545. The fourth-order valence-corrected chi connectivity index (χ4v) is 4.23. The Morgan fingerprint density at radius 2 is 2.40 bits per heavy atom. The van der Waals surface area contributed by atoms with Crippen LogP contribution in [-0.2, 0) is 4.74 Å². The van der Waals surface area contributed by atoms with Gasteiger partial charge in [-0.05, 0) is 12.8 Å². The van der Waals surface area contributed by atoms with Gasteiger partial charge in [0, 0.05) is 35.8 Å². The summed E-state index contributed by atoms with van der Waals surface area (Å²) in [5.41, 5.74) is 0.566. The predicted octanol–water partition coefficient (Wildman–Crippen LogP) is 2.81. The summed E-state index contributed by atoms with van der Waals surface area (Å²) in [7, 11) is 0. The summed E-state index contributed by atoms with van der Waals surface area (Å²) < 4.78 is 5.74. The Kier molecular flexibility index (Phi) is 3.82. The fourth-order valence-electron chi connectivity index (χ4n) is 3.41. The molecule has 110 valence electrons. The standard InChI is InChI=1S/C15H22N2O2S/c1-4-9-12(10-5-6-19-13(9)10)17-14(18)11-7-20-15(16-11)8(2)3/h7-10,12-13H,4-6H2,1-3H3,(H,17,18)/t9-,10+,12-,13-/m1/s1. The molecule has 1 amide bonds. The van der Waals surface area contributed by atoms with Crippen LogP contribution in [-0.4, -0.2) is 29.6 Å². The number of nitrogens with zero attached hydrogens (tertiary/aromatic N) is 1. The van der Waals surface area contributed by atoms with E-state index < -0.39 is 0 Å². The van der Waals surface area contributed by atoms with Gasteiger partial charge in [-0.3, -0.25) is 4.79 Å². The van der Waals surface area contributed by atoms with Crippen molar-refractivity contribution in [2.45, 2.75) is 51.7 Å². The lowest BCUT2D eigenvalue weighted by atomic mass is 9.65. The minimum absolute atomic E-state index is 0.0260. The van der Waals surface area contributed by atoms with Gasteiger partial charge >= 0.3 is 0 Å². The minimum Gasteiger partial charge on any atom is -0.377 e. The van der Waals surface area contributed by atoms with Crippen LogP contribution in [0, 0.1) is 11.8 Å². The number of carbonyl (C=O) groups excluding carboxylic acids is 1. The second kappa shape index (κ2) is 5.45. The summed E-state index contributed by atoms with van der Waals surface area (Å²) in [6.07, 6.45) is 2.49. The summed E-state index contributed by atoms with van der Waals surface area (Å²) in [4.78, 5) is 16.8. The van der Waals surface area contributed by atoms with Crippen molar-refractivity contribution in [3.05, 3.63) is 16.1 Å². The molecule has 4 atom stereocenters. The van der Waals surface area contributed by atoms with Crippen molar-refractivity contribution in [3.63, 3.8) is 0 Å². The third kappa shape index (κ3) is 2.27. The van der Waals surface area contributed by atoms with E-state index in [2.05, 4.69) is 31.1 Å². The van der Waals surface area contributed by atoms with Crippen molar-refractivity contribution in [2.75, 3.05) is 6.61 Å². The maximum Gasteiger partial charge on any atom is 0.270 e. The van der Waals surface area contributed by atoms with Gasteiger partial charge < -0.3 is 10.1 Å². The summed E-state index contributed by atoms with van der Waals surface area (Å²) in [5.74, 6) is 1.32. The highest BCUT2D eigenvalue weighted by atomic mass is 32.1. The van der Waals surface area contributed by atoms with Gasteiger partial charge in [0.05, 0.1) is 11.1 Å². The van der Waals surface area contributed by atoms with Crippen LogP contribution in [0.1, 0.15) is 55.0 Å². The molecule has 4 nitrogen and oxygen atoms in total. The molecule has 20 heavy (non-hydrogen) atoms. The van der Waals surface area contributed by atoms with E-state index in [4.69, 9.17) is 4.74 Å². The molecule has 1 saturated heterocycles. The molecule has 1 aliphatic carbocycles. The molecule has 1 N–H and O–H groups in total. The van der Waals surface area contributed by atoms with Crippen molar-refractivity contribution in [3.8, 4) is 0 Å². The van der Waals surface area contributed by atoms with Crippen LogP contribution in [0.3, 0.4) is 0 Å². The zero-order chi connectivity index (χ0) is 14.3. The highest BCUT2D eigenvalue weighted by molar-refractivity contribution is 7.09. The van der Waals surface area contributed by atoms with Gasteiger partial charge in [-0.15, -0.1) is 11.3 Å². The van der Waals surface area contributed by atoms with E-state index in [-0.39, 0.29) is 11.9 Å². The molecule has 0 radical (unpaired) electrons. The zero-order valence-corrected chi connectivity index (χ0v) is 13.1. The number of thiazole rings is 1. The van der Waals surface area contributed by atoms with Crippen LogP contribution in [0.25, 0.3) is 0 Å². The third-order valence-electron chi connectivity index (χ3n) is 4.55. The highest BCUT2D eigenvalue weighted by Crippen LogP contribution is 2.45. The third-order valence-corrected chi connectivity index (χ3v) is 5.69. The molecule has 1 aromatic rings. The number of fused-ring (bicyclic) bond motifs is 1. The zero-order valence-electron chi connectivity index (χ0n) is 12.3. The summed E-state index contributed by atoms with van der Waals surface area (Å²) in [6, 6.07) is 0.268. The molecule has 2 aliphatic rings. The second-order valence-corrected chi connectivity index (χ2v) is 6.97. The smallest absolute Gasteiger partial charge is 0.270 e. The number of carbonyl (C=O) groups is 1. The van der Waals surface area contributed by atoms with Crippen molar-refractivity contribution < 1.29 is 9.53 Å². The Balaban J connectivity index is 1.66. The molecular weight excluding hydrogens is 272 g/mol. The molecule has 2 heterocycles. The molecule has 5 heteroatoms. The van der Waals surface area contributed by atoms with Crippen LogP contribution < -0.4 is 5.32 Å². The van der Waals surface area contributed by atoms with Crippen molar-refractivity contribution in [2.24, 2.45) is 11.8 Å². The Morgan fingerprint density at radius 3 is 3.05 bits per heavy atom. The summed E-state index contributed by atoms with van der Waals surface area (Å²) >= 11 is 1.57. The first-order valence-corrected chi connectivity index (χ1v) is 8.37. The van der Waals surface area contributed by atoms with Crippen molar-refractivity contribution in [1.29, 1.82) is 0 Å². The lowest BCUT2D eigenvalue weighted by Crippen LogP contribution is -2.61. The Hall–Kier alpha value is -0.940. The van der Waals surface area contributed by atoms with Gasteiger partial charge in [0.1, 0.15) is 5.69 Å². The first-order valence-electron chi connectivity index (χ1n) is 7.49. The Morgan fingerprint density at radius 1 is 1.60 bits per heavy atom. The van der Waals surface area contributed by atoms with Crippen LogP contribution in [0.15, 0.2) is 5.38 Å². The number of aromatic nitrogens is 1.